The van der Waals surface area contributed by atoms with Gasteiger partial charge >= 0.3 is 6.09 Å². The van der Waals surface area contributed by atoms with Crippen molar-refractivity contribution in [1.82, 2.24) is 4.90 Å². The molecule has 1 amide bonds. The maximum atomic E-state index is 12.5. The molecule has 0 fully saturated rings. The summed E-state index contributed by atoms with van der Waals surface area (Å²) in [4.78, 5) is 14.0. The fourth-order valence-electron chi connectivity index (χ4n) is 4.65. The van der Waals surface area contributed by atoms with Gasteiger partial charge in [-0.3, -0.25) is 0 Å². The zero-order chi connectivity index (χ0) is 25.0. The standard InChI is InChI=1S/C25H27N5O4/c1-5-33-24(31)30-9-8-17-18(11-26)23(29)25(13-27,14-28)22(19(17)12-30)16-6-7-20(34-15(2)3)21(10-16)32-4/h6-8,10,15,19,22H,5,9,12,29H2,1-4H3/t19-,22-/m1/s1. The first-order valence-electron chi connectivity index (χ1n) is 11.0. The third kappa shape index (κ3) is 4.00. The van der Waals surface area contributed by atoms with Crippen LogP contribution in [-0.4, -0.2) is 43.9 Å². The zero-order valence-electron chi connectivity index (χ0n) is 19.7. The maximum Gasteiger partial charge on any atom is 0.410 e. The van der Waals surface area contributed by atoms with E-state index in [1.807, 2.05) is 13.8 Å². The van der Waals surface area contributed by atoms with Crippen molar-refractivity contribution >= 4 is 6.09 Å². The Balaban J connectivity index is 2.23. The second-order valence-corrected chi connectivity index (χ2v) is 8.36. The number of nitrogens with two attached hydrogens (primary N) is 1. The second-order valence-electron chi connectivity index (χ2n) is 8.36. The van der Waals surface area contributed by atoms with E-state index in [4.69, 9.17) is 19.9 Å². The molecule has 3 rings (SSSR count). The predicted octanol–water partition coefficient (Wildman–Crippen LogP) is 3.36. The molecule has 0 radical (unpaired) electrons. The van der Waals surface area contributed by atoms with Crippen LogP contribution in [-0.2, 0) is 4.74 Å². The Hall–Kier alpha value is -4.16. The minimum Gasteiger partial charge on any atom is -0.493 e. The summed E-state index contributed by atoms with van der Waals surface area (Å²) in [5, 5.41) is 30.3. The van der Waals surface area contributed by atoms with E-state index < -0.39 is 23.3 Å². The molecule has 9 nitrogen and oxygen atoms in total. The fraction of sp³-hybridized carbons (Fsp3) is 0.440. The molecule has 0 spiro atoms. The van der Waals surface area contributed by atoms with Crippen molar-refractivity contribution in [3.05, 3.63) is 46.7 Å². The lowest BCUT2D eigenvalue weighted by Crippen LogP contribution is -2.49. The molecule has 0 unspecified atom stereocenters. The van der Waals surface area contributed by atoms with E-state index in [9.17, 15) is 20.6 Å². The smallest absolute Gasteiger partial charge is 0.410 e. The van der Waals surface area contributed by atoms with Crippen LogP contribution in [0.5, 0.6) is 11.5 Å². The highest BCUT2D eigenvalue weighted by molar-refractivity contribution is 5.69. The molecule has 0 bridgehead atoms. The van der Waals surface area contributed by atoms with Gasteiger partial charge in [-0.05, 0) is 44.0 Å². The number of nitriles is 3. The van der Waals surface area contributed by atoms with Gasteiger partial charge in [-0.2, -0.15) is 15.8 Å². The number of rotatable bonds is 5. The first-order valence-corrected chi connectivity index (χ1v) is 11.0. The average Bonchev–Trinajstić information content (AvgIpc) is 2.83. The number of hydrogen-bond acceptors (Lipinski definition) is 8. The van der Waals surface area contributed by atoms with Crippen molar-refractivity contribution in [1.29, 1.82) is 15.8 Å². The molecule has 176 valence electrons. The summed E-state index contributed by atoms with van der Waals surface area (Å²) in [6.07, 6.45) is 1.15. The van der Waals surface area contributed by atoms with Gasteiger partial charge < -0.3 is 24.8 Å². The summed E-state index contributed by atoms with van der Waals surface area (Å²) in [6.45, 7) is 6.10. The van der Waals surface area contributed by atoms with Crippen molar-refractivity contribution in [3.8, 4) is 29.7 Å². The Morgan fingerprint density at radius 3 is 2.53 bits per heavy atom. The lowest BCUT2D eigenvalue weighted by molar-refractivity contribution is 0.0999. The van der Waals surface area contributed by atoms with Gasteiger partial charge in [0.25, 0.3) is 0 Å². The number of amides is 1. The number of fused-ring (bicyclic) bond motifs is 1. The number of carbonyl (C=O) groups excluding carboxylic acids is 1. The van der Waals surface area contributed by atoms with E-state index in [0.29, 0.717) is 22.6 Å². The molecule has 1 aromatic carbocycles. The lowest BCUT2D eigenvalue weighted by atomic mass is 9.58. The summed E-state index contributed by atoms with van der Waals surface area (Å²) < 4.78 is 16.5. The molecule has 0 aromatic heterocycles. The van der Waals surface area contributed by atoms with Crippen LogP contribution in [0.2, 0.25) is 0 Å². The van der Waals surface area contributed by atoms with Crippen molar-refractivity contribution in [2.45, 2.75) is 32.8 Å². The van der Waals surface area contributed by atoms with Gasteiger partial charge in [-0.25, -0.2) is 4.79 Å². The van der Waals surface area contributed by atoms with Crippen LogP contribution in [0.1, 0.15) is 32.3 Å². The summed E-state index contributed by atoms with van der Waals surface area (Å²) in [5.41, 5.74) is 5.77. The Morgan fingerprint density at radius 2 is 1.97 bits per heavy atom. The molecular weight excluding hydrogens is 434 g/mol. The molecule has 1 aliphatic carbocycles. The number of nitrogens with zero attached hydrogens (tertiary/aromatic N) is 4. The second kappa shape index (κ2) is 9.77. The van der Waals surface area contributed by atoms with Gasteiger partial charge in [0.15, 0.2) is 16.9 Å². The van der Waals surface area contributed by atoms with Crippen LogP contribution >= 0.6 is 0 Å². The van der Waals surface area contributed by atoms with Gasteiger partial charge in [-0.15, -0.1) is 0 Å². The highest BCUT2D eigenvalue weighted by Gasteiger charge is 2.55. The number of carbonyl (C=O) groups is 1. The molecule has 1 heterocycles. The summed E-state index contributed by atoms with van der Waals surface area (Å²) >= 11 is 0. The van der Waals surface area contributed by atoms with Crippen LogP contribution in [0.3, 0.4) is 0 Å². The number of methoxy groups -OCH3 is 1. The van der Waals surface area contributed by atoms with E-state index in [1.165, 1.54) is 12.0 Å². The summed E-state index contributed by atoms with van der Waals surface area (Å²) in [5.74, 6) is -0.357. The van der Waals surface area contributed by atoms with E-state index >= 15 is 0 Å². The molecule has 2 N–H and O–H groups in total. The highest BCUT2D eigenvalue weighted by atomic mass is 16.6. The Bertz CT molecular complexity index is 1150. The molecule has 1 aromatic rings. The predicted molar refractivity (Wildman–Crippen MR) is 122 cm³/mol. The van der Waals surface area contributed by atoms with E-state index in [0.717, 1.165) is 0 Å². The van der Waals surface area contributed by atoms with Crippen molar-refractivity contribution in [2.75, 3.05) is 26.8 Å². The number of hydrogen-bond donors (Lipinski definition) is 1. The van der Waals surface area contributed by atoms with Gasteiger partial charge in [0, 0.05) is 24.9 Å². The Kier molecular flexibility index (Phi) is 7.03. The quantitative estimate of drug-likeness (QED) is 0.702. The first kappa shape index (κ1) is 24.5. The minimum absolute atomic E-state index is 0.0847. The third-order valence-corrected chi connectivity index (χ3v) is 6.10. The van der Waals surface area contributed by atoms with E-state index in [2.05, 4.69) is 18.2 Å². The van der Waals surface area contributed by atoms with Crippen LogP contribution in [0.25, 0.3) is 0 Å². The normalized spacial score (nSPS) is 20.9. The number of benzene rings is 1. The molecule has 2 aliphatic rings. The molecule has 2 atom stereocenters. The van der Waals surface area contributed by atoms with E-state index in [-0.39, 0.29) is 37.1 Å². The van der Waals surface area contributed by atoms with Crippen molar-refractivity contribution < 1.29 is 19.0 Å². The van der Waals surface area contributed by atoms with Crippen LogP contribution in [0, 0.1) is 45.3 Å². The van der Waals surface area contributed by atoms with Gasteiger partial charge in [-0.1, -0.05) is 12.1 Å². The molecule has 1 aliphatic heterocycles. The van der Waals surface area contributed by atoms with Crippen LogP contribution in [0.15, 0.2) is 41.1 Å². The van der Waals surface area contributed by atoms with Gasteiger partial charge in [0.1, 0.15) is 6.07 Å². The Labute approximate surface area is 199 Å². The molecule has 0 saturated carbocycles. The monoisotopic (exact) mass is 461 g/mol. The molecular formula is C25H27N5O4. The Morgan fingerprint density at radius 1 is 1.26 bits per heavy atom. The van der Waals surface area contributed by atoms with Crippen molar-refractivity contribution in [2.24, 2.45) is 17.1 Å². The molecule has 9 heteroatoms. The maximum absolute atomic E-state index is 12.5. The lowest BCUT2D eigenvalue weighted by Gasteiger charge is -2.45. The molecule has 0 saturated heterocycles. The minimum atomic E-state index is -1.82. The van der Waals surface area contributed by atoms with E-state index in [1.54, 1.807) is 31.2 Å². The molecule has 34 heavy (non-hydrogen) atoms. The topological polar surface area (TPSA) is 145 Å². The average molecular weight is 462 g/mol. The third-order valence-electron chi connectivity index (χ3n) is 6.10. The van der Waals surface area contributed by atoms with Crippen molar-refractivity contribution in [3.63, 3.8) is 0 Å². The SMILES string of the molecule is CCOC(=O)N1CC=C2C(C#N)=C(N)C(C#N)(C#N)[C@H](c3ccc(OC(C)C)c(OC)c3)[C@@H]2C1. The number of ether oxygens (including phenoxy) is 3. The zero-order valence-corrected chi connectivity index (χ0v) is 19.7. The number of allylic oxidation sites excluding steroid dienone is 2. The summed E-state index contributed by atoms with van der Waals surface area (Å²) in [6, 6.07) is 11.5. The summed E-state index contributed by atoms with van der Waals surface area (Å²) in [7, 11) is 1.51. The van der Waals surface area contributed by atoms with Gasteiger partial charge in [0.2, 0.25) is 0 Å². The fourth-order valence-corrected chi connectivity index (χ4v) is 4.65. The van der Waals surface area contributed by atoms with Crippen LogP contribution < -0.4 is 15.2 Å². The van der Waals surface area contributed by atoms with Gasteiger partial charge in [0.05, 0.1) is 43.2 Å². The highest BCUT2D eigenvalue weighted by Crippen LogP contribution is 2.54. The van der Waals surface area contributed by atoms with Crippen LogP contribution in [0.4, 0.5) is 4.79 Å². The first-order chi connectivity index (χ1) is 16.3. The largest absolute Gasteiger partial charge is 0.493 e.